The van der Waals surface area contributed by atoms with Crippen LogP contribution >= 0.6 is 0 Å². The fourth-order valence-electron chi connectivity index (χ4n) is 1.85. The van der Waals surface area contributed by atoms with Crippen LogP contribution in [-0.2, 0) is 0 Å². The smallest absolute Gasteiger partial charge is 0.0465 e. The maximum Gasteiger partial charge on any atom is 0.0465 e. The fourth-order valence-corrected chi connectivity index (χ4v) is 1.85. The molecule has 0 bridgehead atoms. The summed E-state index contributed by atoms with van der Waals surface area (Å²) >= 11 is 0. The van der Waals surface area contributed by atoms with Crippen molar-refractivity contribution in [3.05, 3.63) is 47.7 Å². The second-order valence-corrected chi connectivity index (χ2v) is 3.71. The quantitative estimate of drug-likeness (QED) is 0.658. The van der Waals surface area contributed by atoms with E-state index in [0.29, 0.717) is 0 Å². The Hall–Kier alpha value is -1.76. The summed E-state index contributed by atoms with van der Waals surface area (Å²) in [5.41, 5.74) is 4.77. The number of aromatic nitrogens is 1. The van der Waals surface area contributed by atoms with E-state index in [9.17, 15) is 0 Å². The van der Waals surface area contributed by atoms with Crippen molar-refractivity contribution < 1.29 is 0 Å². The number of allylic oxidation sites excluding steroid dienone is 1. The number of hydrogen-bond acceptors (Lipinski definition) is 0. The normalized spacial score (nSPS) is 9.58. The standard InChI is InChI=1S/C14H15N.2C2H6/c1-4-6-11-12-9-10(3)7-8-14(12)15-13(11)5-2;2*1-2/h4-9,15H,2H2,1,3H3;2*1-2H3/b6-4-;;. The van der Waals surface area contributed by atoms with Crippen molar-refractivity contribution in [3.8, 4) is 0 Å². The third-order valence-electron chi connectivity index (χ3n) is 2.56. The van der Waals surface area contributed by atoms with Crippen LogP contribution in [0.3, 0.4) is 0 Å². The van der Waals surface area contributed by atoms with Crippen LogP contribution in [0.4, 0.5) is 0 Å². The molecule has 1 N–H and O–H groups in total. The molecule has 1 heteroatoms. The van der Waals surface area contributed by atoms with Gasteiger partial charge in [0.05, 0.1) is 0 Å². The summed E-state index contributed by atoms with van der Waals surface area (Å²) in [7, 11) is 0. The summed E-state index contributed by atoms with van der Waals surface area (Å²) in [5.74, 6) is 0. The van der Waals surface area contributed by atoms with E-state index in [-0.39, 0.29) is 0 Å². The summed E-state index contributed by atoms with van der Waals surface area (Å²) in [6, 6.07) is 6.43. The summed E-state index contributed by atoms with van der Waals surface area (Å²) in [6.45, 7) is 16.0. The van der Waals surface area contributed by atoms with E-state index in [1.54, 1.807) is 0 Å². The molecule has 19 heavy (non-hydrogen) atoms. The second kappa shape index (κ2) is 9.21. The largest absolute Gasteiger partial charge is 0.355 e. The minimum Gasteiger partial charge on any atom is -0.355 e. The Morgan fingerprint density at radius 1 is 1.11 bits per heavy atom. The van der Waals surface area contributed by atoms with E-state index in [4.69, 9.17) is 0 Å². The highest BCUT2D eigenvalue weighted by Gasteiger charge is 2.05. The zero-order chi connectivity index (χ0) is 14.8. The van der Waals surface area contributed by atoms with Crippen molar-refractivity contribution in [3.63, 3.8) is 0 Å². The van der Waals surface area contributed by atoms with Gasteiger partial charge in [-0.3, -0.25) is 0 Å². The minimum absolute atomic E-state index is 1.09. The molecule has 0 radical (unpaired) electrons. The zero-order valence-corrected chi connectivity index (χ0v) is 13.2. The summed E-state index contributed by atoms with van der Waals surface area (Å²) in [6.07, 6.45) is 6.04. The van der Waals surface area contributed by atoms with Crippen LogP contribution < -0.4 is 0 Å². The molecule has 0 saturated carbocycles. The van der Waals surface area contributed by atoms with Crippen LogP contribution in [0.25, 0.3) is 23.1 Å². The first-order valence-corrected chi connectivity index (χ1v) is 7.13. The van der Waals surface area contributed by atoms with Gasteiger partial charge in [0.1, 0.15) is 0 Å². The molecule has 1 aromatic heterocycles. The molecule has 0 unspecified atom stereocenters. The lowest BCUT2D eigenvalue weighted by molar-refractivity contribution is 1.42. The van der Waals surface area contributed by atoms with E-state index >= 15 is 0 Å². The fraction of sp³-hybridized carbons (Fsp3) is 0.333. The molecule has 1 heterocycles. The monoisotopic (exact) mass is 257 g/mol. The predicted molar refractivity (Wildman–Crippen MR) is 90.5 cm³/mol. The first-order chi connectivity index (χ1) is 9.26. The Bertz CT molecular complexity index is 530. The van der Waals surface area contributed by atoms with Gasteiger partial charge in [-0.25, -0.2) is 0 Å². The highest BCUT2D eigenvalue weighted by molar-refractivity contribution is 5.93. The third kappa shape index (κ3) is 4.13. The molecule has 0 aliphatic rings. The van der Waals surface area contributed by atoms with Crippen molar-refractivity contribution in [2.24, 2.45) is 0 Å². The van der Waals surface area contributed by atoms with Gasteiger partial charge in [-0.15, -0.1) is 0 Å². The number of hydrogen-bond donors (Lipinski definition) is 1. The molecule has 1 nitrogen and oxygen atoms in total. The SMILES string of the molecule is C=Cc1[nH]c2ccc(C)cc2c1/C=C\C.CC.CC. The van der Waals surface area contributed by atoms with E-state index in [0.717, 1.165) is 5.69 Å². The van der Waals surface area contributed by atoms with E-state index < -0.39 is 0 Å². The molecule has 2 rings (SSSR count). The first-order valence-electron chi connectivity index (χ1n) is 7.13. The van der Waals surface area contributed by atoms with Crippen LogP contribution in [0.1, 0.15) is 51.4 Å². The molecule has 0 amide bonds. The highest BCUT2D eigenvalue weighted by Crippen LogP contribution is 2.25. The van der Waals surface area contributed by atoms with Crippen LogP contribution in [-0.4, -0.2) is 4.98 Å². The summed E-state index contributed by atoms with van der Waals surface area (Å²) < 4.78 is 0. The Kier molecular flexibility index (Phi) is 8.35. The molecular formula is C18H27N. The van der Waals surface area contributed by atoms with Crippen molar-refractivity contribution >= 4 is 23.1 Å². The number of rotatable bonds is 2. The van der Waals surface area contributed by atoms with Crippen molar-refractivity contribution in [2.75, 3.05) is 0 Å². The van der Waals surface area contributed by atoms with Crippen LogP contribution in [0.5, 0.6) is 0 Å². The molecule has 0 aliphatic carbocycles. The Morgan fingerprint density at radius 2 is 1.74 bits per heavy atom. The number of aryl methyl sites for hydroxylation is 1. The minimum atomic E-state index is 1.09. The van der Waals surface area contributed by atoms with Crippen molar-refractivity contribution in [1.82, 2.24) is 4.98 Å². The summed E-state index contributed by atoms with van der Waals surface area (Å²) in [4.78, 5) is 3.36. The van der Waals surface area contributed by atoms with Gasteiger partial charge in [-0.1, -0.05) is 58.1 Å². The lowest BCUT2D eigenvalue weighted by Crippen LogP contribution is -1.74. The first kappa shape index (κ1) is 17.2. The topological polar surface area (TPSA) is 15.8 Å². The van der Waals surface area contributed by atoms with E-state index in [1.807, 2.05) is 40.7 Å². The highest BCUT2D eigenvalue weighted by atomic mass is 14.7. The van der Waals surface area contributed by atoms with E-state index in [1.165, 1.54) is 22.0 Å². The maximum atomic E-state index is 3.83. The van der Waals surface area contributed by atoms with Gasteiger partial charge in [-0.05, 0) is 32.1 Å². The van der Waals surface area contributed by atoms with Gasteiger partial charge in [0.25, 0.3) is 0 Å². The maximum absolute atomic E-state index is 3.83. The van der Waals surface area contributed by atoms with Crippen molar-refractivity contribution in [1.29, 1.82) is 0 Å². The van der Waals surface area contributed by atoms with Gasteiger partial charge in [-0.2, -0.15) is 0 Å². The molecule has 0 spiro atoms. The van der Waals surface area contributed by atoms with Crippen LogP contribution in [0, 0.1) is 6.92 Å². The zero-order valence-electron chi connectivity index (χ0n) is 13.2. The molecule has 0 fully saturated rings. The van der Waals surface area contributed by atoms with Gasteiger partial charge in [0, 0.05) is 22.2 Å². The van der Waals surface area contributed by atoms with Crippen LogP contribution in [0.2, 0.25) is 0 Å². The number of benzene rings is 1. The molecular weight excluding hydrogens is 230 g/mol. The average Bonchev–Trinajstić information content (AvgIpc) is 2.81. The average molecular weight is 257 g/mol. The predicted octanol–water partition coefficient (Wildman–Crippen LogP) is 6.20. The van der Waals surface area contributed by atoms with Gasteiger partial charge in [0.15, 0.2) is 0 Å². The van der Waals surface area contributed by atoms with Crippen molar-refractivity contribution in [2.45, 2.75) is 41.5 Å². The number of fused-ring (bicyclic) bond motifs is 1. The van der Waals surface area contributed by atoms with Gasteiger partial charge in [0.2, 0.25) is 0 Å². The molecule has 2 aromatic rings. The van der Waals surface area contributed by atoms with Gasteiger partial charge < -0.3 is 4.98 Å². The molecule has 1 aromatic carbocycles. The van der Waals surface area contributed by atoms with E-state index in [2.05, 4.69) is 48.8 Å². The Morgan fingerprint density at radius 3 is 2.26 bits per heavy atom. The van der Waals surface area contributed by atoms with Gasteiger partial charge >= 0.3 is 0 Å². The number of aromatic amines is 1. The molecule has 0 atom stereocenters. The second-order valence-electron chi connectivity index (χ2n) is 3.71. The molecule has 0 saturated heterocycles. The van der Waals surface area contributed by atoms with Crippen LogP contribution in [0.15, 0.2) is 30.9 Å². The lowest BCUT2D eigenvalue weighted by atomic mass is 10.1. The third-order valence-corrected chi connectivity index (χ3v) is 2.56. The molecule has 104 valence electrons. The summed E-state index contributed by atoms with van der Waals surface area (Å²) in [5, 5.41) is 1.27. The number of H-pyrrole nitrogens is 1. The molecule has 0 aliphatic heterocycles. The Balaban J connectivity index is 0.000000741. The number of nitrogens with one attached hydrogen (secondary N) is 1. The Labute approximate surface area is 118 Å². The lowest BCUT2D eigenvalue weighted by Gasteiger charge is -1.95.